The number of amides is 1. The van der Waals surface area contributed by atoms with Gasteiger partial charge in [0, 0.05) is 44.4 Å². The molecule has 1 aliphatic heterocycles. The van der Waals surface area contributed by atoms with E-state index in [9.17, 15) is 33.6 Å². The lowest BCUT2D eigenvalue weighted by molar-refractivity contribution is -0.157. The molecule has 388 valence electrons. The minimum atomic E-state index is -0.688. The third-order valence-corrected chi connectivity index (χ3v) is 12.3. The summed E-state index contributed by atoms with van der Waals surface area (Å²) in [7, 11) is 0. The van der Waals surface area contributed by atoms with E-state index < -0.39 is 41.9 Å². The summed E-state index contributed by atoms with van der Waals surface area (Å²) in [6.07, 6.45) is 24.6. The van der Waals surface area contributed by atoms with Crippen molar-refractivity contribution in [3.05, 3.63) is 0 Å². The summed E-state index contributed by atoms with van der Waals surface area (Å²) in [6, 6.07) is -0.572. The second-order valence-corrected chi connectivity index (χ2v) is 18.8. The summed E-state index contributed by atoms with van der Waals surface area (Å²) in [5.74, 6) is -4.34. The molecule has 1 heterocycles. The van der Waals surface area contributed by atoms with Crippen LogP contribution >= 0.6 is 0 Å². The lowest BCUT2D eigenvalue weighted by atomic mass is 10.0. The molecule has 67 heavy (non-hydrogen) atoms. The highest BCUT2D eigenvalue weighted by molar-refractivity contribution is 5.76. The number of likely N-dealkylation sites (tertiary alicyclic amines) is 1. The number of hydrogen-bond donors (Lipinski definition) is 0. The van der Waals surface area contributed by atoms with Crippen LogP contribution in [0.4, 0.5) is 0 Å². The van der Waals surface area contributed by atoms with E-state index in [0.717, 1.165) is 122 Å². The Balaban J connectivity index is 2.82. The maximum Gasteiger partial charge on any atom is 0.306 e. The molecule has 0 saturated carbocycles. The van der Waals surface area contributed by atoms with Crippen LogP contribution in [-0.2, 0) is 62.0 Å². The first-order valence-corrected chi connectivity index (χ1v) is 26.7. The summed E-state index contributed by atoms with van der Waals surface area (Å²) in [4.78, 5) is 91.4. The molecular weight excluding hydrogens is 859 g/mol. The van der Waals surface area contributed by atoms with Crippen molar-refractivity contribution in [2.24, 2.45) is 11.8 Å². The van der Waals surface area contributed by atoms with Crippen LogP contribution in [0.15, 0.2) is 0 Å². The number of ether oxygens (including phenoxy) is 6. The lowest BCUT2D eigenvalue weighted by Crippen LogP contribution is -2.37. The maximum atomic E-state index is 13.3. The van der Waals surface area contributed by atoms with Crippen LogP contribution in [-0.4, -0.2) is 98.3 Å². The van der Waals surface area contributed by atoms with Crippen molar-refractivity contribution in [2.45, 2.75) is 246 Å². The zero-order valence-corrected chi connectivity index (χ0v) is 42.7. The fourth-order valence-electron chi connectivity index (χ4n) is 8.17. The number of carbonyl (C=O) groups excluding carboxylic acids is 7. The van der Waals surface area contributed by atoms with E-state index in [0.29, 0.717) is 6.42 Å². The molecule has 14 nitrogen and oxygen atoms in total. The predicted octanol–water partition coefficient (Wildman–Crippen LogP) is 11.2. The Morgan fingerprint density at radius 1 is 0.433 bits per heavy atom. The van der Waals surface area contributed by atoms with E-state index in [4.69, 9.17) is 28.4 Å². The second kappa shape index (κ2) is 41.3. The number of carbonyl (C=O) groups is 7. The smallest absolute Gasteiger partial charge is 0.306 e. The molecule has 1 aliphatic rings. The average molecular weight is 952 g/mol. The van der Waals surface area contributed by atoms with E-state index in [2.05, 4.69) is 27.7 Å². The quantitative estimate of drug-likeness (QED) is 0.0321. The summed E-state index contributed by atoms with van der Waals surface area (Å²) >= 11 is 0. The predicted molar refractivity (Wildman–Crippen MR) is 259 cm³/mol. The van der Waals surface area contributed by atoms with Crippen LogP contribution in [0, 0.1) is 11.8 Å². The van der Waals surface area contributed by atoms with Gasteiger partial charge in [-0.3, -0.25) is 33.6 Å². The van der Waals surface area contributed by atoms with Gasteiger partial charge in [0.1, 0.15) is 12.7 Å². The molecule has 0 N–H and O–H groups in total. The van der Waals surface area contributed by atoms with Gasteiger partial charge in [-0.05, 0) is 25.7 Å². The van der Waals surface area contributed by atoms with Gasteiger partial charge in [-0.2, -0.15) is 0 Å². The van der Waals surface area contributed by atoms with Crippen molar-refractivity contribution in [1.29, 1.82) is 0 Å². The number of rotatable bonds is 43. The molecule has 0 aliphatic carbocycles. The van der Waals surface area contributed by atoms with Gasteiger partial charge in [0.15, 0.2) is 0 Å². The van der Waals surface area contributed by atoms with Crippen molar-refractivity contribution >= 4 is 41.7 Å². The number of esters is 6. The summed E-state index contributed by atoms with van der Waals surface area (Å²) < 4.78 is 33.6. The minimum Gasteiger partial charge on any atom is -0.466 e. The molecular formula is C53H93NO13. The van der Waals surface area contributed by atoms with Crippen LogP contribution in [0.2, 0.25) is 0 Å². The molecule has 0 spiro atoms. The molecule has 0 aromatic heterocycles. The molecule has 3 atom stereocenters. The van der Waals surface area contributed by atoms with Crippen molar-refractivity contribution < 1.29 is 62.0 Å². The maximum absolute atomic E-state index is 13.3. The van der Waals surface area contributed by atoms with Crippen molar-refractivity contribution in [3.8, 4) is 0 Å². The van der Waals surface area contributed by atoms with Gasteiger partial charge < -0.3 is 33.3 Å². The molecule has 1 rings (SSSR count). The Morgan fingerprint density at radius 3 is 1.24 bits per heavy atom. The summed E-state index contributed by atoms with van der Waals surface area (Å²) in [6.45, 7) is 9.88. The van der Waals surface area contributed by atoms with Gasteiger partial charge >= 0.3 is 35.8 Å². The van der Waals surface area contributed by atoms with Crippen molar-refractivity contribution in [1.82, 2.24) is 4.90 Å². The van der Waals surface area contributed by atoms with Gasteiger partial charge in [0.05, 0.1) is 58.3 Å². The van der Waals surface area contributed by atoms with Crippen LogP contribution < -0.4 is 0 Å². The van der Waals surface area contributed by atoms with E-state index in [-0.39, 0.29) is 108 Å². The van der Waals surface area contributed by atoms with Crippen molar-refractivity contribution in [2.75, 3.05) is 39.6 Å². The molecule has 1 amide bonds. The number of nitrogens with zero attached hydrogens (tertiary/aromatic N) is 1. The first-order chi connectivity index (χ1) is 32.4. The Morgan fingerprint density at radius 2 is 0.806 bits per heavy atom. The van der Waals surface area contributed by atoms with Gasteiger partial charge in [-0.1, -0.05) is 156 Å². The summed E-state index contributed by atoms with van der Waals surface area (Å²) in [5.41, 5.74) is 0. The molecule has 1 saturated heterocycles. The average Bonchev–Trinajstić information content (AvgIpc) is 3.71. The van der Waals surface area contributed by atoms with Gasteiger partial charge in [-0.25, -0.2) is 0 Å². The molecule has 0 bridgehead atoms. The SMILES string of the molecule is CCCCCCCCOC(=O)CC(COC(=O)CCCCCCCC)CC(=O)OCC1CC(OC(=O)CC(COC(=O)CCCCCCCC)COC(=O)CCCCCCCC)CN1C(C)=O. The van der Waals surface area contributed by atoms with Crippen LogP contribution in [0.25, 0.3) is 0 Å². The first-order valence-electron chi connectivity index (χ1n) is 26.7. The summed E-state index contributed by atoms with van der Waals surface area (Å²) in [5, 5.41) is 0. The zero-order valence-electron chi connectivity index (χ0n) is 42.7. The van der Waals surface area contributed by atoms with E-state index in [1.807, 2.05) is 0 Å². The topological polar surface area (TPSA) is 178 Å². The monoisotopic (exact) mass is 952 g/mol. The lowest BCUT2D eigenvalue weighted by Gasteiger charge is -2.23. The number of hydrogen-bond acceptors (Lipinski definition) is 13. The molecule has 14 heteroatoms. The highest BCUT2D eigenvalue weighted by Crippen LogP contribution is 2.24. The second-order valence-electron chi connectivity index (χ2n) is 18.8. The number of unbranched alkanes of at least 4 members (excludes halogenated alkanes) is 20. The molecule has 0 aromatic carbocycles. The highest BCUT2D eigenvalue weighted by atomic mass is 16.6. The van der Waals surface area contributed by atoms with Gasteiger partial charge in [0.2, 0.25) is 5.91 Å². The van der Waals surface area contributed by atoms with E-state index >= 15 is 0 Å². The first kappa shape index (κ1) is 61.3. The van der Waals surface area contributed by atoms with E-state index in [1.54, 1.807) is 0 Å². The third kappa shape index (κ3) is 34.3. The molecule has 0 radical (unpaired) electrons. The zero-order chi connectivity index (χ0) is 49.3. The van der Waals surface area contributed by atoms with Crippen LogP contribution in [0.1, 0.15) is 234 Å². The Hall–Kier alpha value is -3.71. The normalized spacial score (nSPS) is 15.0. The largest absolute Gasteiger partial charge is 0.466 e. The molecule has 1 fully saturated rings. The molecule has 0 aromatic rings. The van der Waals surface area contributed by atoms with Gasteiger partial charge in [0.25, 0.3) is 0 Å². The Labute approximate surface area is 404 Å². The highest BCUT2D eigenvalue weighted by Gasteiger charge is 2.37. The molecule has 3 unspecified atom stereocenters. The van der Waals surface area contributed by atoms with Crippen LogP contribution in [0.3, 0.4) is 0 Å². The van der Waals surface area contributed by atoms with Gasteiger partial charge in [-0.15, -0.1) is 0 Å². The Kier molecular flexibility index (Phi) is 37.8. The van der Waals surface area contributed by atoms with Crippen molar-refractivity contribution in [3.63, 3.8) is 0 Å². The standard InChI is InChI=1S/C53H93NO13/c1-6-10-14-18-22-26-30-48(56)63-39-44(34-51(59)62-33-29-25-21-17-13-9-4)35-52(60)66-42-46-37-47(38-54(46)43(5)55)67-53(61)36-45(40-64-49(57)31-27-23-19-15-11-7-2)41-65-50(58)32-28-24-20-16-12-8-3/h44-47H,6-42H2,1-5H3. The fourth-order valence-corrected chi connectivity index (χ4v) is 8.17. The Bertz CT molecular complexity index is 1320. The van der Waals surface area contributed by atoms with E-state index in [1.165, 1.54) is 37.5 Å². The third-order valence-electron chi connectivity index (χ3n) is 12.3. The van der Waals surface area contributed by atoms with Crippen LogP contribution in [0.5, 0.6) is 0 Å². The fraction of sp³-hybridized carbons (Fsp3) is 0.868. The minimum absolute atomic E-state index is 0.0933.